The summed E-state index contributed by atoms with van der Waals surface area (Å²) in [5.41, 5.74) is 0.536. The van der Waals surface area contributed by atoms with E-state index in [-0.39, 0.29) is 18.4 Å². The Morgan fingerprint density at radius 1 is 0.967 bits per heavy atom. The largest absolute Gasteiger partial charge is 0.497 e. The lowest BCUT2D eigenvalue weighted by atomic mass is 10.0. The Kier molecular flexibility index (Phi) is 6.52. The van der Waals surface area contributed by atoms with Crippen LogP contribution in [-0.4, -0.2) is 46.7 Å². The molecule has 1 aliphatic heterocycles. The lowest BCUT2D eigenvalue weighted by Crippen LogP contribution is -2.59. The molecule has 2 aromatic carbocycles. The zero-order valence-corrected chi connectivity index (χ0v) is 17.4. The summed E-state index contributed by atoms with van der Waals surface area (Å²) in [6, 6.07) is 11.3. The Bertz CT molecular complexity index is 956. The summed E-state index contributed by atoms with van der Waals surface area (Å²) in [6.07, 6.45) is 0.664. The van der Waals surface area contributed by atoms with Gasteiger partial charge in [-0.2, -0.15) is 5.01 Å². The molecule has 2 aromatic rings. The number of amides is 3. The van der Waals surface area contributed by atoms with E-state index in [0.29, 0.717) is 22.8 Å². The van der Waals surface area contributed by atoms with E-state index >= 15 is 0 Å². The van der Waals surface area contributed by atoms with Gasteiger partial charge in [0.05, 0.1) is 7.11 Å². The molecule has 1 atom stereocenters. The number of hydrogen-bond acceptors (Lipinski definition) is 5. The molecule has 0 bridgehead atoms. The highest BCUT2D eigenvalue weighted by molar-refractivity contribution is 6.30. The van der Waals surface area contributed by atoms with Crippen molar-refractivity contribution in [1.29, 1.82) is 0 Å². The summed E-state index contributed by atoms with van der Waals surface area (Å²) in [4.78, 5) is 51.5. The number of halogens is 1. The van der Waals surface area contributed by atoms with Crippen LogP contribution in [-0.2, 0) is 9.59 Å². The summed E-state index contributed by atoms with van der Waals surface area (Å²) >= 11 is 5.90. The molecule has 0 aromatic heterocycles. The zero-order chi connectivity index (χ0) is 21.8. The fraction of sp³-hybridized carbons (Fsp3) is 0.273. The van der Waals surface area contributed by atoms with Crippen molar-refractivity contribution in [2.45, 2.75) is 32.2 Å². The first-order chi connectivity index (χ1) is 14.3. The van der Waals surface area contributed by atoms with Crippen LogP contribution in [0.4, 0.5) is 0 Å². The molecular weight excluding hydrogens is 408 g/mol. The van der Waals surface area contributed by atoms with Crippen LogP contribution >= 0.6 is 11.6 Å². The van der Waals surface area contributed by atoms with Crippen molar-refractivity contribution in [2.75, 3.05) is 7.11 Å². The monoisotopic (exact) mass is 428 g/mol. The molecule has 7 nitrogen and oxygen atoms in total. The fourth-order valence-electron chi connectivity index (χ4n) is 3.25. The average Bonchev–Trinajstić information content (AvgIpc) is 2.75. The van der Waals surface area contributed by atoms with E-state index in [1.165, 1.54) is 38.3 Å². The minimum absolute atomic E-state index is 0.125. The smallest absolute Gasteiger partial charge is 0.273 e. The van der Waals surface area contributed by atoms with Crippen LogP contribution in [0.15, 0.2) is 48.5 Å². The molecule has 3 rings (SSSR count). The second-order valence-electron chi connectivity index (χ2n) is 6.88. The third-order valence-electron chi connectivity index (χ3n) is 4.89. The van der Waals surface area contributed by atoms with Gasteiger partial charge in [0.25, 0.3) is 5.91 Å². The minimum Gasteiger partial charge on any atom is -0.497 e. The van der Waals surface area contributed by atoms with Crippen LogP contribution in [0.5, 0.6) is 5.75 Å². The Hall–Kier alpha value is -3.19. The van der Waals surface area contributed by atoms with Gasteiger partial charge in [0.15, 0.2) is 5.78 Å². The van der Waals surface area contributed by atoms with Crippen molar-refractivity contribution in [3.63, 3.8) is 0 Å². The van der Waals surface area contributed by atoms with Gasteiger partial charge in [0, 0.05) is 29.0 Å². The molecule has 1 saturated heterocycles. The number of hydrazine groups is 1. The summed E-state index contributed by atoms with van der Waals surface area (Å²) < 4.78 is 5.10. The number of carbonyl (C=O) groups excluding carboxylic acids is 4. The first-order valence-corrected chi connectivity index (χ1v) is 9.84. The van der Waals surface area contributed by atoms with Crippen molar-refractivity contribution in [1.82, 2.24) is 10.0 Å². The van der Waals surface area contributed by atoms with Gasteiger partial charge < -0.3 is 4.74 Å². The van der Waals surface area contributed by atoms with Crippen LogP contribution in [0, 0.1) is 0 Å². The molecule has 156 valence electrons. The number of Topliss-reactive ketones (excluding diaryl/α,β-unsaturated/α-hetero) is 1. The lowest BCUT2D eigenvalue weighted by molar-refractivity contribution is -0.165. The number of hydrogen-bond donors (Lipinski definition) is 0. The van der Waals surface area contributed by atoms with Crippen LogP contribution in [0.25, 0.3) is 0 Å². The number of piperidine rings is 1. The first-order valence-electron chi connectivity index (χ1n) is 9.46. The molecule has 0 saturated carbocycles. The maximum absolute atomic E-state index is 13.3. The molecule has 1 fully saturated rings. The van der Waals surface area contributed by atoms with Crippen LogP contribution in [0.2, 0.25) is 5.02 Å². The normalized spacial score (nSPS) is 15.0. The maximum atomic E-state index is 13.3. The van der Waals surface area contributed by atoms with E-state index in [1.54, 1.807) is 24.3 Å². The van der Waals surface area contributed by atoms with Crippen LogP contribution in [0.3, 0.4) is 0 Å². The van der Waals surface area contributed by atoms with Gasteiger partial charge in [-0.1, -0.05) is 11.6 Å². The quantitative estimate of drug-likeness (QED) is 0.519. The SMILES string of the molecule is COc1ccc(C(=O)[C@@H](C)N(C(=O)c2ccc(Cl)cc2)N2C(=O)CCCC2=O)cc1. The second kappa shape index (κ2) is 9.09. The Morgan fingerprint density at radius 3 is 2.03 bits per heavy atom. The molecule has 0 aliphatic carbocycles. The molecule has 3 amide bonds. The number of carbonyl (C=O) groups is 4. The zero-order valence-electron chi connectivity index (χ0n) is 16.6. The highest BCUT2D eigenvalue weighted by Crippen LogP contribution is 2.23. The molecule has 30 heavy (non-hydrogen) atoms. The van der Waals surface area contributed by atoms with Gasteiger partial charge in [-0.15, -0.1) is 0 Å². The predicted molar refractivity (Wildman–Crippen MR) is 110 cm³/mol. The summed E-state index contributed by atoms with van der Waals surface area (Å²) in [7, 11) is 1.51. The average molecular weight is 429 g/mol. The molecule has 1 aliphatic rings. The van der Waals surface area contributed by atoms with Crippen molar-refractivity contribution in [3.8, 4) is 5.75 Å². The van der Waals surface area contributed by atoms with E-state index in [2.05, 4.69) is 0 Å². The highest BCUT2D eigenvalue weighted by atomic mass is 35.5. The lowest BCUT2D eigenvalue weighted by Gasteiger charge is -2.38. The second-order valence-corrected chi connectivity index (χ2v) is 7.31. The molecule has 1 heterocycles. The van der Waals surface area contributed by atoms with Crippen molar-refractivity contribution in [2.24, 2.45) is 0 Å². The Labute approximate surface area is 179 Å². The topological polar surface area (TPSA) is 84.0 Å². The highest BCUT2D eigenvalue weighted by Gasteiger charge is 2.39. The predicted octanol–water partition coefficient (Wildman–Crippen LogP) is 3.52. The van der Waals surface area contributed by atoms with Crippen LogP contribution in [0.1, 0.15) is 46.9 Å². The molecule has 0 spiro atoms. The molecule has 0 N–H and O–H groups in total. The molecule has 0 unspecified atom stereocenters. The van der Waals surface area contributed by atoms with Gasteiger partial charge in [0.1, 0.15) is 11.8 Å². The van der Waals surface area contributed by atoms with E-state index < -0.39 is 29.5 Å². The number of benzene rings is 2. The van der Waals surface area contributed by atoms with E-state index in [9.17, 15) is 19.2 Å². The van der Waals surface area contributed by atoms with Crippen LogP contribution < -0.4 is 4.74 Å². The van der Waals surface area contributed by atoms with Gasteiger partial charge in [-0.3, -0.25) is 19.2 Å². The van der Waals surface area contributed by atoms with Gasteiger partial charge in [-0.05, 0) is 61.9 Å². The molecular formula is C22H21ClN2O5. The van der Waals surface area contributed by atoms with Gasteiger partial charge >= 0.3 is 0 Å². The Balaban J connectivity index is 1.99. The number of methoxy groups -OCH3 is 1. The van der Waals surface area contributed by atoms with E-state index in [1.807, 2.05) is 0 Å². The van der Waals surface area contributed by atoms with E-state index in [0.717, 1.165) is 10.0 Å². The summed E-state index contributed by atoms with van der Waals surface area (Å²) in [6.45, 7) is 1.50. The molecule has 8 heteroatoms. The minimum atomic E-state index is -1.09. The summed E-state index contributed by atoms with van der Waals surface area (Å²) in [5.74, 6) is -1.49. The number of rotatable bonds is 6. The molecule has 0 radical (unpaired) electrons. The summed E-state index contributed by atoms with van der Waals surface area (Å²) in [5, 5.41) is 2.21. The third-order valence-corrected chi connectivity index (χ3v) is 5.14. The van der Waals surface area contributed by atoms with Crippen molar-refractivity contribution < 1.29 is 23.9 Å². The number of imide groups is 1. The standard InChI is InChI=1S/C22H21ClN2O5/c1-14(21(28)15-8-12-18(30-2)13-9-15)24(25-19(26)4-3-5-20(25)27)22(29)16-6-10-17(23)11-7-16/h6-14H,3-5H2,1-2H3/t14-/m1/s1. The van der Waals surface area contributed by atoms with Crippen molar-refractivity contribution in [3.05, 3.63) is 64.7 Å². The third kappa shape index (κ3) is 4.36. The van der Waals surface area contributed by atoms with Gasteiger partial charge in [0.2, 0.25) is 11.8 Å². The van der Waals surface area contributed by atoms with E-state index in [4.69, 9.17) is 16.3 Å². The maximum Gasteiger partial charge on any atom is 0.273 e. The van der Waals surface area contributed by atoms with Crippen molar-refractivity contribution >= 4 is 35.1 Å². The van der Waals surface area contributed by atoms with Gasteiger partial charge in [-0.25, -0.2) is 5.01 Å². The number of ether oxygens (including phenoxy) is 1. The fourth-order valence-corrected chi connectivity index (χ4v) is 3.38. The number of nitrogens with zero attached hydrogens (tertiary/aromatic N) is 2. The Morgan fingerprint density at radius 2 is 1.50 bits per heavy atom. The number of ketones is 1. The first kappa shape index (κ1) is 21.5.